The van der Waals surface area contributed by atoms with Gasteiger partial charge in [-0.1, -0.05) is 0 Å². The van der Waals surface area contributed by atoms with Crippen molar-refractivity contribution in [3.8, 4) is 11.5 Å². The summed E-state index contributed by atoms with van der Waals surface area (Å²) in [6.07, 6.45) is 5.34. The number of carbonyl (C=O) groups excluding carboxylic acids is 1. The van der Waals surface area contributed by atoms with Crippen molar-refractivity contribution in [3.63, 3.8) is 0 Å². The van der Waals surface area contributed by atoms with Crippen LogP contribution >= 0.6 is 0 Å². The van der Waals surface area contributed by atoms with Crippen molar-refractivity contribution < 1.29 is 14.3 Å². The van der Waals surface area contributed by atoms with E-state index in [-0.39, 0.29) is 5.91 Å². The molecule has 0 saturated heterocycles. The van der Waals surface area contributed by atoms with Crippen LogP contribution in [0, 0.1) is 0 Å². The molecule has 2 aromatic carbocycles. The van der Waals surface area contributed by atoms with E-state index in [0.29, 0.717) is 6.42 Å². The summed E-state index contributed by atoms with van der Waals surface area (Å²) in [5.41, 5.74) is 4.20. The minimum atomic E-state index is 0.118. The number of aryl methyl sites for hydroxylation is 1. The number of rotatable bonds is 4. The number of aromatic nitrogens is 1. The molecular formula is C22H24N2O3. The van der Waals surface area contributed by atoms with Crippen LogP contribution < -0.4 is 14.4 Å². The Morgan fingerprint density at radius 2 is 1.85 bits per heavy atom. The number of carbonyl (C=O) groups is 1. The third kappa shape index (κ3) is 3.37. The fourth-order valence-corrected chi connectivity index (χ4v) is 3.81. The summed E-state index contributed by atoms with van der Waals surface area (Å²) in [6.45, 7) is 0.754. The highest BCUT2D eigenvalue weighted by atomic mass is 16.5. The Balaban J connectivity index is 1.64. The van der Waals surface area contributed by atoms with Gasteiger partial charge in [-0.25, -0.2) is 0 Å². The summed E-state index contributed by atoms with van der Waals surface area (Å²) in [4.78, 5) is 18.4. The van der Waals surface area contributed by atoms with Gasteiger partial charge in [0.15, 0.2) is 0 Å². The molecule has 140 valence electrons. The second-order valence-electron chi connectivity index (χ2n) is 6.90. The Labute approximate surface area is 158 Å². The van der Waals surface area contributed by atoms with Crippen LogP contribution in [0.4, 0.5) is 5.69 Å². The topological polar surface area (TPSA) is 54.6 Å². The van der Waals surface area contributed by atoms with Gasteiger partial charge < -0.3 is 19.4 Å². The highest BCUT2D eigenvalue weighted by molar-refractivity contribution is 5.98. The van der Waals surface area contributed by atoms with E-state index in [9.17, 15) is 4.79 Å². The first-order valence-corrected chi connectivity index (χ1v) is 9.31. The van der Waals surface area contributed by atoms with Gasteiger partial charge in [0, 0.05) is 29.3 Å². The number of nitrogens with zero attached hydrogens (tertiary/aromatic N) is 1. The zero-order valence-corrected chi connectivity index (χ0v) is 15.7. The fourth-order valence-electron chi connectivity index (χ4n) is 3.81. The van der Waals surface area contributed by atoms with Gasteiger partial charge in [-0.15, -0.1) is 0 Å². The number of nitrogens with one attached hydrogen (secondary N) is 1. The second kappa shape index (κ2) is 7.35. The minimum absolute atomic E-state index is 0.118. The van der Waals surface area contributed by atoms with Gasteiger partial charge in [-0.3, -0.25) is 4.79 Å². The van der Waals surface area contributed by atoms with Crippen molar-refractivity contribution in [2.45, 2.75) is 25.7 Å². The van der Waals surface area contributed by atoms with Crippen molar-refractivity contribution in [3.05, 3.63) is 53.7 Å². The molecule has 1 aromatic heterocycles. The Hall–Kier alpha value is -2.95. The number of aromatic amines is 1. The molecule has 1 aliphatic heterocycles. The summed E-state index contributed by atoms with van der Waals surface area (Å²) in [7, 11) is 3.33. The van der Waals surface area contributed by atoms with E-state index in [0.717, 1.165) is 59.5 Å². The molecule has 0 atom stereocenters. The number of amides is 1. The number of hydrogen-bond acceptors (Lipinski definition) is 3. The van der Waals surface area contributed by atoms with Crippen molar-refractivity contribution >= 4 is 22.5 Å². The molecule has 3 aromatic rings. The van der Waals surface area contributed by atoms with Crippen LogP contribution in [-0.2, 0) is 17.6 Å². The molecule has 0 aliphatic carbocycles. The number of hydrogen-bond donors (Lipinski definition) is 1. The van der Waals surface area contributed by atoms with Gasteiger partial charge in [-0.2, -0.15) is 0 Å². The molecule has 0 unspecified atom stereocenters. The molecule has 1 amide bonds. The Bertz CT molecular complexity index is 977. The lowest BCUT2D eigenvalue weighted by Gasteiger charge is -2.23. The molecule has 1 aliphatic rings. The second-order valence-corrected chi connectivity index (χ2v) is 6.90. The molecule has 0 bridgehead atoms. The molecular weight excluding hydrogens is 340 g/mol. The quantitative estimate of drug-likeness (QED) is 0.758. The normalized spacial score (nSPS) is 13.9. The van der Waals surface area contributed by atoms with Crippen LogP contribution in [0.15, 0.2) is 42.6 Å². The monoisotopic (exact) mass is 364 g/mol. The lowest BCUT2D eigenvalue weighted by atomic mass is 10.1. The highest BCUT2D eigenvalue weighted by Crippen LogP contribution is 2.31. The highest BCUT2D eigenvalue weighted by Gasteiger charge is 2.22. The predicted octanol–water partition coefficient (Wildman–Crippen LogP) is 4.10. The Morgan fingerprint density at radius 1 is 1.07 bits per heavy atom. The molecule has 0 saturated carbocycles. The van der Waals surface area contributed by atoms with Crippen molar-refractivity contribution in [2.75, 3.05) is 25.7 Å². The van der Waals surface area contributed by atoms with Gasteiger partial charge in [-0.05, 0) is 66.8 Å². The predicted molar refractivity (Wildman–Crippen MR) is 107 cm³/mol. The van der Waals surface area contributed by atoms with E-state index in [1.165, 1.54) is 5.56 Å². The number of ether oxygens (including phenoxy) is 2. The van der Waals surface area contributed by atoms with Gasteiger partial charge in [0.2, 0.25) is 5.91 Å². The molecule has 0 radical (unpaired) electrons. The first-order chi connectivity index (χ1) is 13.2. The third-order valence-electron chi connectivity index (χ3n) is 5.27. The molecule has 2 heterocycles. The zero-order valence-electron chi connectivity index (χ0n) is 15.7. The van der Waals surface area contributed by atoms with Crippen LogP contribution in [0.1, 0.15) is 24.0 Å². The van der Waals surface area contributed by atoms with E-state index in [1.807, 2.05) is 41.4 Å². The van der Waals surface area contributed by atoms with Crippen molar-refractivity contribution in [2.24, 2.45) is 0 Å². The SMILES string of the molecule is COc1ccc2c(c1)CCCCN2C(=O)Cc1c[nH]c2ccc(OC)cc12. The molecule has 0 spiro atoms. The minimum Gasteiger partial charge on any atom is -0.497 e. The lowest BCUT2D eigenvalue weighted by Crippen LogP contribution is -2.33. The van der Waals surface area contributed by atoms with Gasteiger partial charge >= 0.3 is 0 Å². The maximum absolute atomic E-state index is 13.2. The van der Waals surface area contributed by atoms with Crippen molar-refractivity contribution in [1.82, 2.24) is 4.98 Å². The molecule has 1 N–H and O–H groups in total. The molecule has 5 nitrogen and oxygen atoms in total. The third-order valence-corrected chi connectivity index (χ3v) is 5.27. The standard InChI is InChI=1S/C22H24N2O3/c1-26-17-7-9-21-15(11-17)5-3-4-10-24(21)22(25)12-16-14-23-20-8-6-18(27-2)13-19(16)20/h6-9,11,13-14,23H,3-5,10,12H2,1-2H3. The maximum Gasteiger partial charge on any atom is 0.231 e. The first-order valence-electron chi connectivity index (χ1n) is 9.31. The van der Waals surface area contributed by atoms with E-state index in [4.69, 9.17) is 9.47 Å². The number of fused-ring (bicyclic) bond motifs is 2. The van der Waals surface area contributed by atoms with Crippen LogP contribution in [-0.4, -0.2) is 31.7 Å². The molecule has 4 rings (SSSR count). The number of benzene rings is 2. The lowest BCUT2D eigenvalue weighted by molar-refractivity contribution is -0.118. The number of anilines is 1. The van der Waals surface area contributed by atoms with Crippen LogP contribution in [0.3, 0.4) is 0 Å². The Kier molecular flexibility index (Phi) is 4.75. The molecule has 5 heteroatoms. The average molecular weight is 364 g/mol. The van der Waals surface area contributed by atoms with Crippen LogP contribution in [0.25, 0.3) is 10.9 Å². The van der Waals surface area contributed by atoms with Gasteiger partial charge in [0.05, 0.1) is 20.6 Å². The maximum atomic E-state index is 13.2. The molecule has 27 heavy (non-hydrogen) atoms. The summed E-state index contributed by atoms with van der Waals surface area (Å²) in [5, 5.41) is 1.03. The number of methoxy groups -OCH3 is 2. The van der Waals surface area contributed by atoms with Gasteiger partial charge in [0.1, 0.15) is 11.5 Å². The van der Waals surface area contributed by atoms with Gasteiger partial charge in [0.25, 0.3) is 0 Å². The largest absolute Gasteiger partial charge is 0.497 e. The van der Waals surface area contributed by atoms with Crippen LogP contribution in [0.2, 0.25) is 0 Å². The number of H-pyrrole nitrogens is 1. The van der Waals surface area contributed by atoms with E-state index >= 15 is 0 Å². The first kappa shape index (κ1) is 17.5. The van der Waals surface area contributed by atoms with E-state index in [2.05, 4.69) is 11.1 Å². The zero-order chi connectivity index (χ0) is 18.8. The van der Waals surface area contributed by atoms with E-state index < -0.39 is 0 Å². The van der Waals surface area contributed by atoms with E-state index in [1.54, 1.807) is 14.2 Å². The van der Waals surface area contributed by atoms with Crippen molar-refractivity contribution in [1.29, 1.82) is 0 Å². The fraction of sp³-hybridized carbons (Fsp3) is 0.318. The summed E-state index contributed by atoms with van der Waals surface area (Å²) in [6, 6.07) is 11.9. The summed E-state index contributed by atoms with van der Waals surface area (Å²) in [5.74, 6) is 1.75. The Morgan fingerprint density at radius 3 is 2.67 bits per heavy atom. The molecule has 0 fully saturated rings. The van der Waals surface area contributed by atoms with Crippen LogP contribution in [0.5, 0.6) is 11.5 Å². The smallest absolute Gasteiger partial charge is 0.231 e. The average Bonchev–Trinajstić information content (AvgIpc) is 2.96. The summed E-state index contributed by atoms with van der Waals surface area (Å²) >= 11 is 0. The summed E-state index contributed by atoms with van der Waals surface area (Å²) < 4.78 is 10.7.